The van der Waals surface area contributed by atoms with Crippen LogP contribution in [0.1, 0.15) is 22.8 Å². The van der Waals surface area contributed by atoms with Crippen molar-refractivity contribution in [2.45, 2.75) is 6.92 Å². The number of hydrogen-bond donors (Lipinski definition) is 0. The number of rotatable bonds is 5. The van der Waals surface area contributed by atoms with E-state index >= 15 is 0 Å². The lowest BCUT2D eigenvalue weighted by molar-refractivity contribution is -0.137. The molecule has 0 saturated carbocycles. The first-order chi connectivity index (χ1) is 12.0. The minimum Gasteiger partial charge on any atom is -0.462 e. The predicted molar refractivity (Wildman–Crippen MR) is 93.1 cm³/mol. The van der Waals surface area contributed by atoms with Gasteiger partial charge in [-0.25, -0.2) is 9.59 Å². The van der Waals surface area contributed by atoms with Crippen molar-refractivity contribution in [3.8, 4) is 11.8 Å². The van der Waals surface area contributed by atoms with E-state index in [4.69, 9.17) is 26.3 Å². The molecular weight excluding hydrogens is 342 g/mol. The lowest BCUT2D eigenvalue weighted by Gasteiger charge is -2.08. The molecule has 0 heterocycles. The molecule has 0 N–H and O–H groups in total. The van der Waals surface area contributed by atoms with Crippen LogP contribution in [0.2, 0.25) is 5.02 Å². The van der Waals surface area contributed by atoms with E-state index in [0.29, 0.717) is 16.1 Å². The highest BCUT2D eigenvalue weighted by atomic mass is 35.5. The minimum absolute atomic E-state index is 0.158. The van der Waals surface area contributed by atoms with Gasteiger partial charge in [0.2, 0.25) is 0 Å². The topological polar surface area (TPSA) is 76.4 Å². The SMILES string of the molecule is CCOC(=O)/C(C#N)=C/c1ccccc1OC(=O)c1ccc(Cl)cc1. The predicted octanol–water partition coefficient (Wildman–Crippen LogP) is 4.03. The van der Waals surface area contributed by atoms with Crippen molar-refractivity contribution in [3.63, 3.8) is 0 Å². The fraction of sp³-hybridized carbons (Fsp3) is 0.105. The van der Waals surface area contributed by atoms with Gasteiger partial charge in [0, 0.05) is 10.6 Å². The number of esters is 2. The zero-order valence-corrected chi connectivity index (χ0v) is 14.1. The van der Waals surface area contributed by atoms with E-state index in [1.165, 1.54) is 6.08 Å². The first kappa shape index (κ1) is 18.2. The molecule has 2 rings (SSSR count). The summed E-state index contributed by atoms with van der Waals surface area (Å²) in [5.74, 6) is -1.09. The molecule has 0 aliphatic rings. The van der Waals surface area contributed by atoms with Crippen molar-refractivity contribution in [2.24, 2.45) is 0 Å². The molecule has 5 nitrogen and oxygen atoms in total. The number of para-hydroxylation sites is 1. The molecule has 0 spiro atoms. The molecule has 0 saturated heterocycles. The van der Waals surface area contributed by atoms with Crippen LogP contribution >= 0.6 is 11.6 Å². The van der Waals surface area contributed by atoms with Crippen LogP contribution in [0.4, 0.5) is 0 Å². The molecule has 2 aromatic rings. The number of hydrogen-bond acceptors (Lipinski definition) is 5. The van der Waals surface area contributed by atoms with E-state index in [1.54, 1.807) is 61.5 Å². The Labute approximate surface area is 150 Å². The van der Waals surface area contributed by atoms with Gasteiger partial charge in [0.1, 0.15) is 17.4 Å². The number of benzene rings is 2. The highest BCUT2D eigenvalue weighted by Crippen LogP contribution is 2.23. The maximum absolute atomic E-state index is 12.2. The summed E-state index contributed by atoms with van der Waals surface area (Å²) < 4.78 is 10.2. The third kappa shape index (κ3) is 4.93. The molecule has 0 aliphatic carbocycles. The molecule has 0 amide bonds. The summed E-state index contributed by atoms with van der Waals surface area (Å²) >= 11 is 5.80. The summed E-state index contributed by atoms with van der Waals surface area (Å²) in [6, 6.07) is 14.6. The summed E-state index contributed by atoms with van der Waals surface area (Å²) in [6.45, 7) is 1.81. The summed E-state index contributed by atoms with van der Waals surface area (Å²) in [5.41, 5.74) is 0.556. The van der Waals surface area contributed by atoms with Crippen LogP contribution in [0, 0.1) is 11.3 Å². The quantitative estimate of drug-likeness (QED) is 0.350. The van der Waals surface area contributed by atoms with Gasteiger partial charge in [0.25, 0.3) is 0 Å². The van der Waals surface area contributed by atoms with E-state index < -0.39 is 11.9 Å². The van der Waals surface area contributed by atoms with Crippen LogP contribution in [-0.2, 0) is 9.53 Å². The Bertz CT molecular complexity index is 850. The van der Waals surface area contributed by atoms with Gasteiger partial charge in [-0.1, -0.05) is 29.8 Å². The molecule has 0 fully saturated rings. The fourth-order valence-corrected chi connectivity index (χ4v) is 2.06. The van der Waals surface area contributed by atoms with Crippen molar-refractivity contribution < 1.29 is 19.1 Å². The van der Waals surface area contributed by atoms with E-state index in [2.05, 4.69) is 0 Å². The average molecular weight is 356 g/mol. The van der Waals surface area contributed by atoms with Gasteiger partial charge >= 0.3 is 11.9 Å². The van der Waals surface area contributed by atoms with Gasteiger partial charge in [-0.05, 0) is 43.3 Å². The van der Waals surface area contributed by atoms with Gasteiger partial charge in [-0.2, -0.15) is 5.26 Å². The second-order valence-electron chi connectivity index (χ2n) is 4.82. The Kier molecular flexibility index (Phi) is 6.33. The summed E-state index contributed by atoms with van der Waals surface area (Å²) in [5, 5.41) is 9.63. The molecule has 126 valence electrons. The molecule has 25 heavy (non-hydrogen) atoms. The first-order valence-corrected chi connectivity index (χ1v) is 7.78. The standard InChI is InChI=1S/C19H14ClNO4/c1-2-24-18(22)15(12-21)11-14-5-3-4-6-17(14)25-19(23)13-7-9-16(20)10-8-13/h3-11H,2H2,1H3/b15-11+. The molecule has 0 aromatic heterocycles. The van der Waals surface area contributed by atoms with E-state index in [-0.39, 0.29) is 17.9 Å². The highest BCUT2D eigenvalue weighted by Gasteiger charge is 2.14. The summed E-state index contributed by atoms with van der Waals surface area (Å²) in [7, 11) is 0. The van der Waals surface area contributed by atoms with Crippen molar-refractivity contribution in [1.82, 2.24) is 0 Å². The zero-order valence-electron chi connectivity index (χ0n) is 13.4. The monoisotopic (exact) mass is 355 g/mol. The molecule has 0 bridgehead atoms. The van der Waals surface area contributed by atoms with Crippen LogP contribution in [0.25, 0.3) is 6.08 Å². The minimum atomic E-state index is -0.733. The first-order valence-electron chi connectivity index (χ1n) is 7.41. The highest BCUT2D eigenvalue weighted by molar-refractivity contribution is 6.30. The maximum atomic E-state index is 12.2. The smallest absolute Gasteiger partial charge is 0.348 e. The van der Waals surface area contributed by atoms with Crippen LogP contribution < -0.4 is 4.74 Å². The van der Waals surface area contributed by atoms with Crippen molar-refractivity contribution >= 4 is 29.6 Å². The van der Waals surface area contributed by atoms with E-state index in [1.807, 2.05) is 0 Å². The largest absolute Gasteiger partial charge is 0.462 e. The molecule has 0 atom stereocenters. The molecule has 0 radical (unpaired) electrons. The maximum Gasteiger partial charge on any atom is 0.348 e. The molecule has 0 unspecified atom stereocenters. The van der Waals surface area contributed by atoms with Gasteiger partial charge in [-0.3, -0.25) is 0 Å². The number of carbonyl (C=O) groups is 2. The number of carbonyl (C=O) groups excluding carboxylic acids is 2. The van der Waals surface area contributed by atoms with Gasteiger partial charge in [-0.15, -0.1) is 0 Å². The van der Waals surface area contributed by atoms with Gasteiger partial charge in [0.05, 0.1) is 12.2 Å². The van der Waals surface area contributed by atoms with Crippen LogP contribution in [0.5, 0.6) is 5.75 Å². The summed E-state index contributed by atoms with van der Waals surface area (Å²) in [4.78, 5) is 24.0. The van der Waals surface area contributed by atoms with E-state index in [9.17, 15) is 9.59 Å². The van der Waals surface area contributed by atoms with Crippen molar-refractivity contribution in [1.29, 1.82) is 5.26 Å². The number of nitrogens with zero attached hydrogens (tertiary/aromatic N) is 1. The second kappa shape index (κ2) is 8.67. The Morgan fingerprint density at radius 2 is 1.84 bits per heavy atom. The fourth-order valence-electron chi connectivity index (χ4n) is 1.94. The molecular formula is C19H14ClNO4. The Balaban J connectivity index is 2.28. The van der Waals surface area contributed by atoms with Crippen molar-refractivity contribution in [3.05, 3.63) is 70.3 Å². The molecule has 6 heteroatoms. The Morgan fingerprint density at radius 3 is 2.48 bits per heavy atom. The normalized spacial score (nSPS) is 10.7. The lowest BCUT2D eigenvalue weighted by Crippen LogP contribution is -2.09. The van der Waals surface area contributed by atoms with Crippen molar-refractivity contribution in [2.75, 3.05) is 6.61 Å². The number of ether oxygens (including phenoxy) is 2. The molecule has 2 aromatic carbocycles. The lowest BCUT2D eigenvalue weighted by atomic mass is 10.1. The number of nitriles is 1. The molecule has 0 aliphatic heterocycles. The third-order valence-electron chi connectivity index (χ3n) is 3.12. The Hall–Kier alpha value is -3.10. The van der Waals surface area contributed by atoms with Crippen LogP contribution in [0.3, 0.4) is 0 Å². The van der Waals surface area contributed by atoms with Gasteiger partial charge < -0.3 is 9.47 Å². The Morgan fingerprint density at radius 1 is 1.16 bits per heavy atom. The summed E-state index contributed by atoms with van der Waals surface area (Å²) in [6.07, 6.45) is 1.32. The second-order valence-corrected chi connectivity index (χ2v) is 5.26. The van der Waals surface area contributed by atoms with Gasteiger partial charge in [0.15, 0.2) is 0 Å². The van der Waals surface area contributed by atoms with Crippen LogP contribution in [0.15, 0.2) is 54.1 Å². The zero-order chi connectivity index (χ0) is 18.2. The number of halogens is 1. The van der Waals surface area contributed by atoms with Crippen LogP contribution in [-0.4, -0.2) is 18.5 Å². The average Bonchev–Trinajstić information content (AvgIpc) is 2.61. The van der Waals surface area contributed by atoms with E-state index in [0.717, 1.165) is 0 Å². The third-order valence-corrected chi connectivity index (χ3v) is 3.37.